The van der Waals surface area contributed by atoms with Crippen molar-refractivity contribution in [2.24, 2.45) is 0 Å². The highest BCUT2D eigenvalue weighted by atomic mass is 127. The van der Waals surface area contributed by atoms with Gasteiger partial charge in [0.2, 0.25) is 5.91 Å². The van der Waals surface area contributed by atoms with Gasteiger partial charge in [-0.05, 0) is 59.8 Å². The van der Waals surface area contributed by atoms with E-state index >= 15 is 0 Å². The van der Waals surface area contributed by atoms with Gasteiger partial charge < -0.3 is 15.4 Å². The molecule has 0 saturated heterocycles. The summed E-state index contributed by atoms with van der Waals surface area (Å²) in [6.45, 7) is 1.83. The fraction of sp³-hybridized carbons (Fsp3) is 0.167. The number of nitrogens with one attached hydrogen (secondary N) is 2. The molecule has 0 atom stereocenters. The predicted octanol–water partition coefficient (Wildman–Crippen LogP) is 2.84. The molecule has 2 aromatic carbocycles. The summed E-state index contributed by atoms with van der Waals surface area (Å²) in [5, 5.41) is 5.21. The zero-order chi connectivity index (χ0) is 18.2. The first-order chi connectivity index (χ1) is 12.0. The second-order valence-electron chi connectivity index (χ2n) is 5.01. The molecule has 7 heteroatoms. The van der Waals surface area contributed by atoms with E-state index in [9.17, 15) is 14.4 Å². The molecule has 0 spiro atoms. The third-order valence-electron chi connectivity index (χ3n) is 3.19. The van der Waals surface area contributed by atoms with Crippen LogP contribution in [0, 0.1) is 3.57 Å². The molecule has 0 unspecified atom stereocenters. The number of ether oxygens (including phenoxy) is 1. The van der Waals surface area contributed by atoms with Gasteiger partial charge in [-0.3, -0.25) is 9.59 Å². The van der Waals surface area contributed by atoms with Gasteiger partial charge in [-0.1, -0.05) is 18.2 Å². The first-order valence-electron chi connectivity index (χ1n) is 7.61. The molecule has 25 heavy (non-hydrogen) atoms. The summed E-state index contributed by atoms with van der Waals surface area (Å²) in [6, 6.07) is 13.5. The second-order valence-corrected chi connectivity index (χ2v) is 6.17. The van der Waals surface area contributed by atoms with Crippen molar-refractivity contribution in [3.8, 4) is 0 Å². The van der Waals surface area contributed by atoms with Crippen LogP contribution in [-0.2, 0) is 9.53 Å². The highest BCUT2D eigenvalue weighted by molar-refractivity contribution is 14.1. The Morgan fingerprint density at radius 3 is 2.56 bits per heavy atom. The van der Waals surface area contributed by atoms with Crippen LogP contribution in [0.1, 0.15) is 27.6 Å². The molecule has 2 aromatic rings. The summed E-state index contributed by atoms with van der Waals surface area (Å²) >= 11 is 2.06. The van der Waals surface area contributed by atoms with Gasteiger partial charge in [0, 0.05) is 9.26 Å². The highest BCUT2D eigenvalue weighted by Gasteiger charge is 2.12. The van der Waals surface area contributed by atoms with Gasteiger partial charge in [-0.25, -0.2) is 4.79 Å². The number of rotatable bonds is 6. The number of anilines is 1. The van der Waals surface area contributed by atoms with Gasteiger partial charge in [0.25, 0.3) is 5.91 Å². The van der Waals surface area contributed by atoms with Crippen LogP contribution in [0.25, 0.3) is 0 Å². The van der Waals surface area contributed by atoms with E-state index < -0.39 is 5.97 Å². The van der Waals surface area contributed by atoms with E-state index in [-0.39, 0.29) is 25.0 Å². The summed E-state index contributed by atoms with van der Waals surface area (Å²) < 4.78 is 5.72. The van der Waals surface area contributed by atoms with Crippen LogP contribution in [-0.4, -0.2) is 30.9 Å². The highest BCUT2D eigenvalue weighted by Crippen LogP contribution is 2.12. The summed E-state index contributed by atoms with van der Waals surface area (Å²) in [4.78, 5) is 35.8. The average molecular weight is 452 g/mol. The number of amides is 2. The van der Waals surface area contributed by atoms with Crippen molar-refractivity contribution in [3.05, 3.63) is 63.2 Å². The topological polar surface area (TPSA) is 84.5 Å². The molecule has 0 saturated carbocycles. The minimum absolute atomic E-state index is 0.173. The number of hydrogen-bond acceptors (Lipinski definition) is 4. The molecule has 0 heterocycles. The van der Waals surface area contributed by atoms with Crippen LogP contribution in [0.5, 0.6) is 0 Å². The molecule has 2 amide bonds. The molecule has 0 aliphatic carbocycles. The van der Waals surface area contributed by atoms with Crippen LogP contribution < -0.4 is 10.6 Å². The summed E-state index contributed by atoms with van der Waals surface area (Å²) in [5.41, 5.74) is 1.32. The van der Waals surface area contributed by atoms with Crippen molar-refractivity contribution in [1.29, 1.82) is 0 Å². The molecule has 0 aliphatic rings. The summed E-state index contributed by atoms with van der Waals surface area (Å²) in [7, 11) is 0. The van der Waals surface area contributed by atoms with Crippen molar-refractivity contribution < 1.29 is 19.1 Å². The zero-order valence-electron chi connectivity index (χ0n) is 13.5. The maximum atomic E-state index is 12.1. The Balaban J connectivity index is 1.92. The number of carbonyl (C=O) groups excluding carboxylic acids is 3. The Morgan fingerprint density at radius 2 is 1.84 bits per heavy atom. The molecule has 0 aliphatic heterocycles. The van der Waals surface area contributed by atoms with E-state index in [2.05, 4.69) is 33.2 Å². The van der Waals surface area contributed by atoms with Gasteiger partial charge >= 0.3 is 5.97 Å². The number of carbonyl (C=O) groups is 3. The van der Waals surface area contributed by atoms with Gasteiger partial charge in [0.05, 0.1) is 24.3 Å². The Morgan fingerprint density at radius 1 is 1.08 bits per heavy atom. The third-order valence-corrected chi connectivity index (χ3v) is 4.13. The van der Waals surface area contributed by atoms with Crippen LogP contribution in [0.2, 0.25) is 0 Å². The molecule has 0 bridgehead atoms. The molecule has 0 fully saturated rings. The third kappa shape index (κ3) is 5.56. The van der Waals surface area contributed by atoms with E-state index in [1.54, 1.807) is 37.3 Å². The van der Waals surface area contributed by atoms with Crippen molar-refractivity contribution in [2.75, 3.05) is 18.5 Å². The normalized spacial score (nSPS) is 10.0. The minimum Gasteiger partial charge on any atom is -0.462 e. The zero-order valence-corrected chi connectivity index (χ0v) is 15.7. The van der Waals surface area contributed by atoms with E-state index in [0.717, 1.165) is 3.57 Å². The molecule has 0 radical (unpaired) electrons. The average Bonchev–Trinajstić information content (AvgIpc) is 2.60. The Bertz CT molecular complexity index is 792. The number of halogens is 1. The quantitative estimate of drug-likeness (QED) is 0.522. The van der Waals surface area contributed by atoms with Gasteiger partial charge in [-0.15, -0.1) is 0 Å². The van der Waals surface area contributed by atoms with Crippen molar-refractivity contribution in [1.82, 2.24) is 5.32 Å². The second kappa shape index (κ2) is 9.16. The fourth-order valence-corrected chi connectivity index (χ4v) is 2.68. The van der Waals surface area contributed by atoms with Crippen molar-refractivity contribution >= 4 is 46.1 Å². The van der Waals surface area contributed by atoms with Gasteiger partial charge in [0.15, 0.2) is 0 Å². The van der Waals surface area contributed by atoms with E-state index in [4.69, 9.17) is 4.74 Å². The van der Waals surface area contributed by atoms with Gasteiger partial charge in [-0.2, -0.15) is 0 Å². The molecule has 130 valence electrons. The molecular weight excluding hydrogens is 435 g/mol. The number of benzene rings is 2. The predicted molar refractivity (Wildman–Crippen MR) is 103 cm³/mol. The van der Waals surface area contributed by atoms with E-state index in [1.807, 2.05) is 12.1 Å². The Hall–Kier alpha value is -2.42. The minimum atomic E-state index is -0.453. The molecule has 2 rings (SSSR count). The SMILES string of the molecule is CCOC(=O)c1cccc(NC(=O)CNC(=O)c2ccccc2I)c1. The lowest BCUT2D eigenvalue weighted by molar-refractivity contribution is -0.115. The molecule has 0 aromatic heterocycles. The number of esters is 1. The van der Waals surface area contributed by atoms with Crippen LogP contribution in [0.4, 0.5) is 5.69 Å². The maximum absolute atomic E-state index is 12.1. The smallest absolute Gasteiger partial charge is 0.338 e. The van der Waals surface area contributed by atoms with E-state index in [0.29, 0.717) is 16.8 Å². The number of hydrogen-bond donors (Lipinski definition) is 2. The van der Waals surface area contributed by atoms with Crippen LogP contribution in [0.15, 0.2) is 48.5 Å². The standard InChI is InChI=1S/C18H17IN2O4/c1-2-25-18(24)12-6-5-7-13(10-12)21-16(22)11-20-17(23)14-8-3-4-9-15(14)19/h3-10H,2,11H2,1H3,(H,20,23)(H,21,22). The fourth-order valence-electron chi connectivity index (χ4n) is 2.04. The largest absolute Gasteiger partial charge is 0.462 e. The van der Waals surface area contributed by atoms with Crippen molar-refractivity contribution in [2.45, 2.75) is 6.92 Å². The summed E-state index contributed by atoms with van der Waals surface area (Å²) in [6.07, 6.45) is 0. The summed E-state index contributed by atoms with van der Waals surface area (Å²) in [5.74, 6) is -1.16. The lowest BCUT2D eigenvalue weighted by atomic mass is 10.2. The molecule has 6 nitrogen and oxygen atoms in total. The van der Waals surface area contributed by atoms with Crippen LogP contribution in [0.3, 0.4) is 0 Å². The Labute approximate surface area is 159 Å². The molecule has 2 N–H and O–H groups in total. The first kappa shape index (κ1) is 18.9. The van der Waals surface area contributed by atoms with Gasteiger partial charge in [0.1, 0.15) is 0 Å². The van der Waals surface area contributed by atoms with Crippen molar-refractivity contribution in [3.63, 3.8) is 0 Å². The first-order valence-corrected chi connectivity index (χ1v) is 8.69. The van der Waals surface area contributed by atoms with E-state index in [1.165, 1.54) is 6.07 Å². The lowest BCUT2D eigenvalue weighted by Gasteiger charge is -2.09. The Kier molecular flexibility index (Phi) is 6.93. The molecular formula is C18H17IN2O4. The lowest BCUT2D eigenvalue weighted by Crippen LogP contribution is -2.33. The van der Waals surface area contributed by atoms with Crippen LogP contribution >= 0.6 is 22.6 Å². The monoisotopic (exact) mass is 452 g/mol. The maximum Gasteiger partial charge on any atom is 0.338 e.